The van der Waals surface area contributed by atoms with Gasteiger partial charge in [-0.3, -0.25) is 9.58 Å². The van der Waals surface area contributed by atoms with Gasteiger partial charge in [-0.1, -0.05) is 17.7 Å². The van der Waals surface area contributed by atoms with Gasteiger partial charge in [0.05, 0.1) is 12.2 Å². The SMILES string of the molecule is CC(C)=CCOc1cc2c(cc1CN(CCCn1cncn1)Cc1cccc(F)c1)OC(C)(C)[C@H]1CC[C@H](C)O[C@H]21. The van der Waals surface area contributed by atoms with Crippen molar-refractivity contribution in [2.75, 3.05) is 13.2 Å². The van der Waals surface area contributed by atoms with Crippen molar-refractivity contribution in [3.8, 4) is 11.5 Å². The maximum Gasteiger partial charge on any atom is 0.137 e. The van der Waals surface area contributed by atoms with E-state index in [1.165, 1.54) is 11.6 Å². The molecule has 0 spiro atoms. The van der Waals surface area contributed by atoms with Gasteiger partial charge < -0.3 is 14.2 Å². The number of hydrogen-bond donors (Lipinski definition) is 0. The quantitative estimate of drug-likeness (QED) is 0.237. The van der Waals surface area contributed by atoms with E-state index in [4.69, 9.17) is 14.2 Å². The Labute approximate surface area is 243 Å². The number of hydrogen-bond acceptors (Lipinski definition) is 6. The second kappa shape index (κ2) is 12.7. The van der Waals surface area contributed by atoms with Crippen molar-refractivity contribution in [3.63, 3.8) is 0 Å². The minimum Gasteiger partial charge on any atom is -0.489 e. The van der Waals surface area contributed by atoms with Gasteiger partial charge in [0.15, 0.2) is 0 Å². The summed E-state index contributed by atoms with van der Waals surface area (Å²) in [5.74, 6) is 1.76. The molecule has 3 aromatic rings. The summed E-state index contributed by atoms with van der Waals surface area (Å²) in [6, 6.07) is 11.1. The van der Waals surface area contributed by atoms with E-state index in [0.29, 0.717) is 19.7 Å². The van der Waals surface area contributed by atoms with Gasteiger partial charge in [-0.15, -0.1) is 0 Å². The molecule has 1 saturated heterocycles. The van der Waals surface area contributed by atoms with E-state index in [2.05, 4.69) is 67.8 Å². The van der Waals surface area contributed by atoms with Crippen LogP contribution >= 0.6 is 0 Å². The molecule has 1 fully saturated rings. The highest BCUT2D eigenvalue weighted by molar-refractivity contribution is 5.50. The number of fused-ring (bicyclic) bond motifs is 3. The molecule has 7 nitrogen and oxygen atoms in total. The number of benzene rings is 2. The van der Waals surface area contributed by atoms with Crippen molar-refractivity contribution in [2.24, 2.45) is 5.92 Å². The lowest BCUT2D eigenvalue weighted by atomic mass is 9.75. The minimum absolute atomic E-state index is 0.0246. The predicted octanol–water partition coefficient (Wildman–Crippen LogP) is 6.88. The van der Waals surface area contributed by atoms with Gasteiger partial charge in [-0.25, -0.2) is 9.37 Å². The number of allylic oxidation sites excluding steroid dienone is 1. The summed E-state index contributed by atoms with van der Waals surface area (Å²) in [6.45, 7) is 13.9. The number of halogens is 1. The van der Waals surface area contributed by atoms with E-state index in [9.17, 15) is 4.39 Å². The monoisotopic (exact) mass is 562 g/mol. The summed E-state index contributed by atoms with van der Waals surface area (Å²) < 4.78 is 35.5. The zero-order valence-electron chi connectivity index (χ0n) is 25.0. The van der Waals surface area contributed by atoms with Gasteiger partial charge in [0, 0.05) is 43.2 Å². The van der Waals surface area contributed by atoms with Crippen LogP contribution in [-0.4, -0.2) is 44.5 Å². The molecule has 3 heterocycles. The summed E-state index contributed by atoms with van der Waals surface area (Å²) in [6.07, 6.45) is 8.54. The molecule has 41 heavy (non-hydrogen) atoms. The summed E-state index contributed by atoms with van der Waals surface area (Å²) in [5, 5.41) is 4.24. The fourth-order valence-electron chi connectivity index (χ4n) is 5.98. The van der Waals surface area contributed by atoms with Gasteiger partial charge in [-0.05, 0) is 89.8 Å². The average Bonchev–Trinajstić information content (AvgIpc) is 3.42. The smallest absolute Gasteiger partial charge is 0.137 e. The number of nitrogens with zero attached hydrogens (tertiary/aromatic N) is 4. The number of aryl methyl sites for hydroxylation is 1. The highest BCUT2D eigenvalue weighted by Crippen LogP contribution is 2.52. The van der Waals surface area contributed by atoms with Crippen molar-refractivity contribution < 1.29 is 18.6 Å². The third-order valence-corrected chi connectivity index (χ3v) is 8.14. The van der Waals surface area contributed by atoms with Gasteiger partial charge in [0.25, 0.3) is 0 Å². The van der Waals surface area contributed by atoms with Crippen LogP contribution in [0.2, 0.25) is 0 Å². The first kappa shape index (κ1) is 29.3. The Bertz CT molecular complexity index is 1340. The third kappa shape index (κ3) is 7.35. The third-order valence-electron chi connectivity index (χ3n) is 8.14. The Balaban J connectivity index is 1.46. The lowest BCUT2D eigenvalue weighted by molar-refractivity contribution is -0.144. The average molecular weight is 563 g/mol. The van der Waals surface area contributed by atoms with Crippen LogP contribution in [0.4, 0.5) is 4.39 Å². The van der Waals surface area contributed by atoms with E-state index < -0.39 is 0 Å². The molecule has 0 radical (unpaired) electrons. The molecule has 3 atom stereocenters. The fraction of sp³-hybridized carbons (Fsp3) is 0.515. The molecule has 0 N–H and O–H groups in total. The Kier molecular flexibility index (Phi) is 9.09. The molecule has 2 aromatic carbocycles. The second-order valence-corrected chi connectivity index (χ2v) is 12.2. The van der Waals surface area contributed by atoms with Crippen LogP contribution in [0.15, 0.2) is 60.7 Å². The molecule has 0 amide bonds. The van der Waals surface area contributed by atoms with Crippen molar-refractivity contribution in [1.82, 2.24) is 19.7 Å². The van der Waals surface area contributed by atoms with Crippen LogP contribution in [0.25, 0.3) is 0 Å². The molecule has 8 heteroatoms. The molecule has 2 aliphatic rings. The number of rotatable bonds is 11. The Morgan fingerprint density at radius 2 is 2.05 bits per heavy atom. The largest absolute Gasteiger partial charge is 0.489 e. The fourth-order valence-corrected chi connectivity index (χ4v) is 5.98. The van der Waals surface area contributed by atoms with Crippen molar-refractivity contribution in [2.45, 2.75) is 91.3 Å². The molecule has 220 valence electrons. The molecule has 0 unspecified atom stereocenters. The summed E-state index contributed by atoms with van der Waals surface area (Å²) in [5.41, 5.74) is 3.92. The molecule has 0 bridgehead atoms. The topological polar surface area (TPSA) is 61.6 Å². The van der Waals surface area contributed by atoms with Crippen molar-refractivity contribution in [1.29, 1.82) is 0 Å². The highest BCUT2D eigenvalue weighted by atomic mass is 19.1. The highest BCUT2D eigenvalue weighted by Gasteiger charge is 2.47. The van der Waals surface area contributed by atoms with E-state index in [0.717, 1.165) is 60.5 Å². The van der Waals surface area contributed by atoms with E-state index in [-0.39, 0.29) is 29.5 Å². The number of aromatic nitrogens is 3. The van der Waals surface area contributed by atoms with Gasteiger partial charge in [-0.2, -0.15) is 5.10 Å². The Hall–Kier alpha value is -3.23. The van der Waals surface area contributed by atoms with E-state index in [1.54, 1.807) is 24.8 Å². The lowest BCUT2D eigenvalue weighted by Gasteiger charge is -2.48. The normalized spacial score (nSPS) is 21.1. The molecule has 0 aliphatic carbocycles. The molecule has 1 aromatic heterocycles. The van der Waals surface area contributed by atoms with Gasteiger partial charge in [0.2, 0.25) is 0 Å². The van der Waals surface area contributed by atoms with E-state index in [1.807, 2.05) is 10.7 Å². The first-order chi connectivity index (χ1) is 19.7. The first-order valence-electron chi connectivity index (χ1n) is 14.7. The van der Waals surface area contributed by atoms with Crippen molar-refractivity contribution in [3.05, 3.63) is 83.2 Å². The van der Waals surface area contributed by atoms with Crippen LogP contribution in [0.1, 0.15) is 76.7 Å². The first-order valence-corrected chi connectivity index (χ1v) is 14.7. The Morgan fingerprint density at radius 3 is 2.80 bits per heavy atom. The standard InChI is InChI=1S/C33H43FN4O3/c1-23(2)12-15-39-30-18-28-31(41-33(4,5)29-11-10-24(3)40-32(28)29)17-26(30)20-37(13-7-14-38-22-35-21-36-38)19-25-8-6-9-27(34)16-25/h6,8-9,12,16-18,21-22,24,29,32H,7,10-11,13-15,19-20H2,1-5H3/t24-,29-,32+/m0/s1. The van der Waals surface area contributed by atoms with Crippen LogP contribution < -0.4 is 9.47 Å². The summed E-state index contributed by atoms with van der Waals surface area (Å²) in [7, 11) is 0. The maximum absolute atomic E-state index is 14.1. The molecule has 0 saturated carbocycles. The van der Waals surface area contributed by atoms with E-state index >= 15 is 0 Å². The molecule has 2 aliphatic heterocycles. The van der Waals surface area contributed by atoms with Gasteiger partial charge >= 0.3 is 0 Å². The van der Waals surface area contributed by atoms with Crippen LogP contribution in [0.5, 0.6) is 11.5 Å². The second-order valence-electron chi connectivity index (χ2n) is 12.2. The number of ether oxygens (including phenoxy) is 3. The lowest BCUT2D eigenvalue weighted by Crippen LogP contribution is -2.48. The summed E-state index contributed by atoms with van der Waals surface area (Å²) in [4.78, 5) is 6.39. The zero-order chi connectivity index (χ0) is 29.0. The van der Waals surface area contributed by atoms with Crippen LogP contribution in [0, 0.1) is 11.7 Å². The zero-order valence-corrected chi connectivity index (χ0v) is 25.0. The maximum atomic E-state index is 14.1. The minimum atomic E-state index is -0.335. The molecular weight excluding hydrogens is 519 g/mol. The molecular formula is C33H43FN4O3. The molecule has 5 rings (SSSR count). The van der Waals surface area contributed by atoms with Crippen LogP contribution in [-0.2, 0) is 24.4 Å². The van der Waals surface area contributed by atoms with Crippen LogP contribution in [0.3, 0.4) is 0 Å². The van der Waals surface area contributed by atoms with Gasteiger partial charge in [0.1, 0.15) is 42.2 Å². The Morgan fingerprint density at radius 1 is 1.20 bits per heavy atom. The summed E-state index contributed by atoms with van der Waals surface area (Å²) >= 11 is 0. The van der Waals surface area contributed by atoms with Crippen molar-refractivity contribution >= 4 is 0 Å². The predicted molar refractivity (Wildman–Crippen MR) is 157 cm³/mol.